The molecule has 0 radical (unpaired) electrons. The Hall–Kier alpha value is -1.78. The number of hydrogen-bond donors (Lipinski definition) is 1. The summed E-state index contributed by atoms with van der Waals surface area (Å²) in [5.74, 6) is 1.55. The second-order valence-corrected chi connectivity index (χ2v) is 3.29. The molecule has 2 rings (SSSR count). The van der Waals surface area contributed by atoms with Crippen LogP contribution in [-0.2, 0) is 13.6 Å². The fourth-order valence-electron chi connectivity index (χ4n) is 1.42. The summed E-state index contributed by atoms with van der Waals surface area (Å²) in [6, 6.07) is 1.87. The molecule has 2 N–H and O–H groups in total. The number of imidazole rings is 1. The molecule has 5 nitrogen and oxygen atoms in total. The van der Waals surface area contributed by atoms with Crippen LogP contribution in [0.5, 0.6) is 0 Å². The summed E-state index contributed by atoms with van der Waals surface area (Å²) in [5, 5.41) is 4.08. The molecule has 0 atom stereocenters. The van der Waals surface area contributed by atoms with Crippen molar-refractivity contribution in [3.63, 3.8) is 0 Å². The molecule has 0 aliphatic rings. The van der Waals surface area contributed by atoms with Crippen molar-refractivity contribution in [3.8, 4) is 0 Å². The first-order chi connectivity index (χ1) is 6.66. The largest absolute Gasteiger partial charge is 0.382 e. The van der Waals surface area contributed by atoms with Gasteiger partial charge in [0.1, 0.15) is 11.6 Å². The highest BCUT2D eigenvalue weighted by atomic mass is 15.3. The van der Waals surface area contributed by atoms with Gasteiger partial charge in [-0.2, -0.15) is 5.10 Å². The predicted molar refractivity (Wildman–Crippen MR) is 53.7 cm³/mol. The van der Waals surface area contributed by atoms with Gasteiger partial charge < -0.3 is 10.3 Å². The molecule has 5 heteroatoms. The van der Waals surface area contributed by atoms with Crippen LogP contribution in [0, 0.1) is 6.92 Å². The molecule has 0 saturated carbocycles. The maximum absolute atomic E-state index is 5.59. The Morgan fingerprint density at radius 3 is 2.79 bits per heavy atom. The third kappa shape index (κ3) is 1.48. The fraction of sp³-hybridized carbons (Fsp3) is 0.333. The highest BCUT2D eigenvalue weighted by molar-refractivity contribution is 5.29. The van der Waals surface area contributed by atoms with E-state index >= 15 is 0 Å². The van der Waals surface area contributed by atoms with Crippen LogP contribution in [0.1, 0.15) is 11.5 Å². The number of aromatic nitrogens is 4. The van der Waals surface area contributed by atoms with Crippen molar-refractivity contribution in [2.24, 2.45) is 7.05 Å². The molecule has 0 bridgehead atoms. The lowest BCUT2D eigenvalue weighted by molar-refractivity contribution is 0.657. The van der Waals surface area contributed by atoms with Crippen molar-refractivity contribution in [2.45, 2.75) is 13.5 Å². The molecule has 74 valence electrons. The SMILES string of the molecule is Cc1nccn1Cc1cc(N)nn1C. The van der Waals surface area contributed by atoms with Gasteiger partial charge in [0.25, 0.3) is 0 Å². The minimum Gasteiger partial charge on any atom is -0.382 e. The minimum absolute atomic E-state index is 0.556. The number of nitrogen functional groups attached to an aromatic ring is 1. The average Bonchev–Trinajstić information content (AvgIpc) is 2.62. The Morgan fingerprint density at radius 2 is 2.29 bits per heavy atom. The van der Waals surface area contributed by atoms with Gasteiger partial charge in [-0.15, -0.1) is 0 Å². The van der Waals surface area contributed by atoms with Crippen LogP contribution in [0.15, 0.2) is 18.5 Å². The lowest BCUT2D eigenvalue weighted by Gasteiger charge is -2.04. The molecule has 0 spiro atoms. The van der Waals surface area contributed by atoms with E-state index in [1.54, 1.807) is 10.9 Å². The topological polar surface area (TPSA) is 61.7 Å². The maximum Gasteiger partial charge on any atom is 0.145 e. The molecule has 14 heavy (non-hydrogen) atoms. The van der Waals surface area contributed by atoms with Crippen molar-refractivity contribution >= 4 is 5.82 Å². The first kappa shape index (κ1) is 8.80. The molecule has 0 saturated heterocycles. The third-order valence-corrected chi connectivity index (χ3v) is 2.25. The van der Waals surface area contributed by atoms with Crippen molar-refractivity contribution in [1.29, 1.82) is 0 Å². The van der Waals surface area contributed by atoms with E-state index in [2.05, 4.69) is 14.6 Å². The molecule has 0 fully saturated rings. The van der Waals surface area contributed by atoms with E-state index in [1.807, 2.05) is 26.2 Å². The Kier molecular flexibility index (Phi) is 1.99. The Balaban J connectivity index is 2.27. The summed E-state index contributed by atoms with van der Waals surface area (Å²) < 4.78 is 3.84. The predicted octanol–water partition coefficient (Wildman–Crippen LogP) is 0.556. The van der Waals surface area contributed by atoms with Gasteiger partial charge in [0, 0.05) is 25.5 Å². The summed E-state index contributed by atoms with van der Waals surface area (Å²) in [6.45, 7) is 2.73. The van der Waals surface area contributed by atoms with E-state index in [4.69, 9.17) is 5.73 Å². The summed E-state index contributed by atoms with van der Waals surface area (Å²) >= 11 is 0. The zero-order chi connectivity index (χ0) is 10.1. The van der Waals surface area contributed by atoms with Crippen LogP contribution in [-0.4, -0.2) is 19.3 Å². The number of nitrogens with two attached hydrogens (primary N) is 1. The Morgan fingerprint density at radius 1 is 1.50 bits per heavy atom. The van der Waals surface area contributed by atoms with E-state index in [0.717, 1.165) is 18.1 Å². The second kappa shape index (κ2) is 3.17. The normalized spacial score (nSPS) is 10.7. The first-order valence-electron chi connectivity index (χ1n) is 4.43. The number of hydrogen-bond acceptors (Lipinski definition) is 3. The fourth-order valence-corrected chi connectivity index (χ4v) is 1.42. The van der Waals surface area contributed by atoms with E-state index in [9.17, 15) is 0 Å². The lowest BCUT2D eigenvalue weighted by atomic mass is 10.4. The molecule has 2 aromatic heterocycles. The zero-order valence-corrected chi connectivity index (χ0v) is 8.31. The number of nitrogens with zero attached hydrogens (tertiary/aromatic N) is 4. The van der Waals surface area contributed by atoms with Crippen molar-refractivity contribution < 1.29 is 0 Å². The van der Waals surface area contributed by atoms with Gasteiger partial charge in [-0.05, 0) is 6.92 Å². The summed E-state index contributed by atoms with van der Waals surface area (Å²) in [6.07, 6.45) is 3.73. The van der Waals surface area contributed by atoms with Gasteiger partial charge in [-0.3, -0.25) is 4.68 Å². The Bertz CT molecular complexity index is 440. The highest BCUT2D eigenvalue weighted by Gasteiger charge is 2.04. The number of aryl methyl sites for hydroxylation is 2. The first-order valence-corrected chi connectivity index (χ1v) is 4.43. The van der Waals surface area contributed by atoms with Gasteiger partial charge in [-0.1, -0.05) is 0 Å². The molecule has 0 unspecified atom stereocenters. The molecule has 2 aromatic rings. The van der Waals surface area contributed by atoms with Gasteiger partial charge in [0.15, 0.2) is 0 Å². The molecule has 0 aliphatic carbocycles. The molecule has 0 amide bonds. The van der Waals surface area contributed by atoms with E-state index in [0.29, 0.717) is 5.82 Å². The quantitative estimate of drug-likeness (QED) is 0.754. The van der Waals surface area contributed by atoms with Crippen LogP contribution >= 0.6 is 0 Å². The van der Waals surface area contributed by atoms with Crippen LogP contribution in [0.3, 0.4) is 0 Å². The molecular formula is C9H13N5. The number of rotatable bonds is 2. The van der Waals surface area contributed by atoms with E-state index in [1.165, 1.54) is 0 Å². The zero-order valence-electron chi connectivity index (χ0n) is 8.31. The van der Waals surface area contributed by atoms with Crippen LogP contribution < -0.4 is 5.73 Å². The summed E-state index contributed by atoms with van der Waals surface area (Å²) in [5.41, 5.74) is 6.66. The molecule has 2 heterocycles. The second-order valence-electron chi connectivity index (χ2n) is 3.29. The lowest BCUT2D eigenvalue weighted by Crippen LogP contribution is -2.06. The van der Waals surface area contributed by atoms with Crippen molar-refractivity contribution in [2.75, 3.05) is 5.73 Å². The monoisotopic (exact) mass is 191 g/mol. The van der Waals surface area contributed by atoms with Crippen LogP contribution in [0.4, 0.5) is 5.82 Å². The summed E-state index contributed by atoms with van der Waals surface area (Å²) in [4.78, 5) is 4.15. The molecule has 0 aliphatic heterocycles. The third-order valence-electron chi connectivity index (χ3n) is 2.25. The van der Waals surface area contributed by atoms with Gasteiger partial charge in [0.05, 0.1) is 12.2 Å². The maximum atomic E-state index is 5.59. The molecule has 0 aromatic carbocycles. The van der Waals surface area contributed by atoms with Crippen molar-refractivity contribution in [1.82, 2.24) is 19.3 Å². The Labute approximate surface area is 82.2 Å². The van der Waals surface area contributed by atoms with Crippen molar-refractivity contribution in [3.05, 3.63) is 30.0 Å². The van der Waals surface area contributed by atoms with Gasteiger partial charge >= 0.3 is 0 Å². The van der Waals surface area contributed by atoms with E-state index in [-0.39, 0.29) is 0 Å². The smallest absolute Gasteiger partial charge is 0.145 e. The summed E-state index contributed by atoms with van der Waals surface area (Å²) in [7, 11) is 1.89. The minimum atomic E-state index is 0.556. The molecular weight excluding hydrogens is 178 g/mol. The standard InChI is InChI=1S/C9H13N5/c1-7-11-3-4-14(7)6-8-5-9(10)12-13(8)2/h3-5H,6H2,1-2H3,(H2,10,12). The van der Waals surface area contributed by atoms with Crippen LogP contribution in [0.25, 0.3) is 0 Å². The number of anilines is 1. The van der Waals surface area contributed by atoms with Gasteiger partial charge in [0.2, 0.25) is 0 Å². The average molecular weight is 191 g/mol. The highest BCUT2D eigenvalue weighted by Crippen LogP contribution is 2.07. The van der Waals surface area contributed by atoms with E-state index < -0.39 is 0 Å². The van der Waals surface area contributed by atoms with Crippen LogP contribution in [0.2, 0.25) is 0 Å². The van der Waals surface area contributed by atoms with Gasteiger partial charge in [-0.25, -0.2) is 4.98 Å².